The van der Waals surface area contributed by atoms with Gasteiger partial charge in [0.15, 0.2) is 6.73 Å². The molecule has 3 aromatic rings. The molecule has 3 saturated heterocycles. The monoisotopic (exact) mass is 686 g/mol. The van der Waals surface area contributed by atoms with Crippen LogP contribution in [0.25, 0.3) is 11.1 Å². The molecule has 3 N–H and O–H groups in total. The van der Waals surface area contributed by atoms with Crippen molar-refractivity contribution in [3.05, 3.63) is 75.0 Å². The molecule has 0 radical (unpaired) electrons. The molecule has 0 aromatic heterocycles. The molecule has 0 spiro atoms. The van der Waals surface area contributed by atoms with Crippen molar-refractivity contribution in [2.24, 2.45) is 0 Å². The maximum absolute atomic E-state index is 15.7. The van der Waals surface area contributed by atoms with E-state index in [4.69, 9.17) is 32.7 Å². The normalized spacial score (nSPS) is 20.8. The molecule has 4 aliphatic heterocycles. The van der Waals surface area contributed by atoms with Crippen LogP contribution >= 0.6 is 23.2 Å². The third-order valence-corrected chi connectivity index (χ3v) is 10.3. The van der Waals surface area contributed by atoms with Crippen LogP contribution < -0.4 is 14.5 Å². The minimum absolute atomic E-state index is 0. The molecule has 2 atom stereocenters. The van der Waals surface area contributed by atoms with Gasteiger partial charge in [-0.05, 0) is 43.7 Å². The first kappa shape index (κ1) is 33.3. The zero-order valence-corrected chi connectivity index (χ0v) is 27.5. The van der Waals surface area contributed by atoms with Gasteiger partial charge >= 0.3 is 5.97 Å². The number of piperazine rings is 1. The number of carbonyl (C=O) groups excluding carboxylic acids is 1. The number of carboxylic acid groups (broad SMARTS) is 1. The summed E-state index contributed by atoms with van der Waals surface area (Å²) >= 11 is 13.4. The molecule has 4 heterocycles. The molecule has 0 saturated carbocycles. The van der Waals surface area contributed by atoms with Gasteiger partial charge in [-0.2, -0.15) is 0 Å². The lowest BCUT2D eigenvalue weighted by molar-refractivity contribution is 0.0516. The van der Waals surface area contributed by atoms with Crippen LogP contribution in [0.3, 0.4) is 0 Å². The number of rotatable bonds is 6. The number of ether oxygens (including phenoxy) is 2. The molecule has 10 nitrogen and oxygen atoms in total. The van der Waals surface area contributed by atoms with Crippen LogP contribution in [0.15, 0.2) is 42.5 Å². The number of likely N-dealkylation sites (N-methyl/N-ethyl adjacent to an activating group) is 1. The summed E-state index contributed by atoms with van der Waals surface area (Å²) in [6, 6.07) is 11.7. The molecular formula is C34H37Cl2FN4O6. The minimum Gasteiger partial charge on any atom is -0.478 e. The minimum atomic E-state index is -1.18. The van der Waals surface area contributed by atoms with Gasteiger partial charge in [-0.3, -0.25) is 4.79 Å². The topological polar surface area (TPSA) is 117 Å². The first-order valence-electron chi connectivity index (χ1n) is 15.7. The molecule has 3 aromatic carbocycles. The van der Waals surface area contributed by atoms with Gasteiger partial charge < -0.3 is 39.7 Å². The van der Waals surface area contributed by atoms with Crippen molar-refractivity contribution in [1.29, 1.82) is 0 Å². The maximum atomic E-state index is 15.7. The Hall–Kier alpha value is -3.61. The predicted octanol–water partition coefficient (Wildman–Crippen LogP) is 5.17. The molecule has 2 bridgehead atoms. The van der Waals surface area contributed by atoms with E-state index in [9.17, 15) is 14.7 Å². The van der Waals surface area contributed by atoms with E-state index in [1.807, 2.05) is 6.07 Å². The Morgan fingerprint density at radius 3 is 2.30 bits per heavy atom. The second-order valence-electron chi connectivity index (χ2n) is 12.3. The largest absolute Gasteiger partial charge is 0.478 e. The molecule has 0 aliphatic carbocycles. The van der Waals surface area contributed by atoms with E-state index in [1.165, 1.54) is 4.90 Å². The highest BCUT2D eigenvalue weighted by Gasteiger charge is 2.40. The average Bonchev–Trinajstić information content (AvgIpc) is 3.30. The number of anilines is 2. The number of hydrogen-bond acceptors (Lipinski definition) is 7. The zero-order chi connectivity index (χ0) is 32.1. The average molecular weight is 688 g/mol. The molecule has 250 valence electrons. The highest BCUT2D eigenvalue weighted by atomic mass is 35.5. The summed E-state index contributed by atoms with van der Waals surface area (Å²) < 4.78 is 27.5. The van der Waals surface area contributed by atoms with E-state index in [0.29, 0.717) is 35.8 Å². The fourth-order valence-electron chi connectivity index (χ4n) is 7.22. The summed E-state index contributed by atoms with van der Waals surface area (Å²) in [6.45, 7) is 7.86. The van der Waals surface area contributed by atoms with E-state index in [0.717, 1.165) is 57.3 Å². The summed E-state index contributed by atoms with van der Waals surface area (Å²) in [7, 11) is 0. The quantitative estimate of drug-likeness (QED) is 0.377. The van der Waals surface area contributed by atoms with Crippen molar-refractivity contribution < 1.29 is 34.0 Å². The fourth-order valence-corrected chi connectivity index (χ4v) is 7.86. The van der Waals surface area contributed by atoms with E-state index < -0.39 is 11.8 Å². The summed E-state index contributed by atoms with van der Waals surface area (Å²) in [5.74, 6) is -1.76. The van der Waals surface area contributed by atoms with Crippen molar-refractivity contribution in [3.63, 3.8) is 0 Å². The number of amides is 1. The van der Waals surface area contributed by atoms with Crippen molar-refractivity contribution in [2.45, 2.75) is 38.4 Å². The van der Waals surface area contributed by atoms with E-state index in [1.54, 1.807) is 30.3 Å². The zero-order valence-electron chi connectivity index (χ0n) is 26.0. The number of halogens is 3. The predicted molar refractivity (Wildman–Crippen MR) is 179 cm³/mol. The second kappa shape index (κ2) is 13.5. The van der Waals surface area contributed by atoms with Crippen molar-refractivity contribution in [3.8, 4) is 16.9 Å². The van der Waals surface area contributed by atoms with Crippen LogP contribution in [0.4, 0.5) is 15.8 Å². The molecule has 1 amide bonds. The molecule has 4 aliphatic rings. The van der Waals surface area contributed by atoms with Crippen LogP contribution in [-0.2, 0) is 11.3 Å². The Labute approximate surface area is 282 Å². The summed E-state index contributed by atoms with van der Waals surface area (Å²) in [6.07, 6.45) is 1.77. The van der Waals surface area contributed by atoms with Crippen LogP contribution in [0.2, 0.25) is 10.0 Å². The highest BCUT2D eigenvalue weighted by molar-refractivity contribution is 6.40. The number of para-hydroxylation sites is 1. The third-order valence-electron chi connectivity index (χ3n) is 9.66. The smallest absolute Gasteiger partial charge is 0.337 e. The van der Waals surface area contributed by atoms with Crippen molar-refractivity contribution in [2.75, 3.05) is 62.5 Å². The van der Waals surface area contributed by atoms with Crippen molar-refractivity contribution >= 4 is 46.5 Å². The van der Waals surface area contributed by atoms with Crippen LogP contribution in [-0.4, -0.2) is 97.0 Å². The summed E-state index contributed by atoms with van der Waals surface area (Å²) in [5, 5.41) is 10.5. The van der Waals surface area contributed by atoms with Gasteiger partial charge in [0.1, 0.15) is 11.6 Å². The van der Waals surface area contributed by atoms with Gasteiger partial charge in [-0.25, -0.2) is 9.18 Å². The molecule has 47 heavy (non-hydrogen) atoms. The van der Waals surface area contributed by atoms with Crippen LogP contribution in [0.1, 0.15) is 46.0 Å². The first-order chi connectivity index (χ1) is 22.2. The Bertz CT molecular complexity index is 1660. The van der Waals surface area contributed by atoms with Gasteiger partial charge in [0.2, 0.25) is 0 Å². The number of carbonyl (C=O) groups is 2. The molecule has 7 rings (SSSR count). The lowest BCUT2D eigenvalue weighted by Crippen LogP contribution is -2.46. The van der Waals surface area contributed by atoms with Gasteiger partial charge in [0.25, 0.3) is 5.91 Å². The second-order valence-corrected chi connectivity index (χ2v) is 13.1. The first-order valence-corrected chi connectivity index (χ1v) is 16.4. The molecular weight excluding hydrogens is 650 g/mol. The number of benzene rings is 3. The van der Waals surface area contributed by atoms with E-state index in [2.05, 4.69) is 21.6 Å². The molecule has 13 heteroatoms. The van der Waals surface area contributed by atoms with Crippen LogP contribution in [0.5, 0.6) is 5.75 Å². The number of fused-ring (bicyclic) bond motifs is 3. The van der Waals surface area contributed by atoms with E-state index >= 15 is 4.39 Å². The van der Waals surface area contributed by atoms with Gasteiger partial charge in [-0.1, -0.05) is 48.3 Å². The summed E-state index contributed by atoms with van der Waals surface area (Å²) in [4.78, 5) is 34.1. The van der Waals surface area contributed by atoms with E-state index in [-0.39, 0.29) is 63.5 Å². The van der Waals surface area contributed by atoms with Gasteiger partial charge in [-0.15, -0.1) is 0 Å². The lowest BCUT2D eigenvalue weighted by atomic mass is 9.96. The lowest BCUT2D eigenvalue weighted by Gasteiger charge is -2.37. The standard InChI is InChI=1S/C34H35Cl2FN4O5.H2O/c1-2-38-8-10-39(11-9-38)23-12-27(35)31(28(36)13-23)33(42)40-16-20-4-3-5-24(32(20)46-19-40)25-15-30(26(34(43)44)14-29(25)37)41-21-6-7-22(41)18-45-17-21;/h3-5,12-15,21-22H,2,6-11,16-19H2,1H3,(H,43,44);1H2. The number of hydrogen-bond donors (Lipinski definition) is 1. The van der Waals surface area contributed by atoms with Gasteiger partial charge in [0, 0.05) is 48.6 Å². The van der Waals surface area contributed by atoms with Gasteiger partial charge in [0.05, 0.1) is 58.7 Å². The summed E-state index contributed by atoms with van der Waals surface area (Å²) in [5.41, 5.74) is 2.91. The number of aromatic carboxylic acids is 1. The Morgan fingerprint density at radius 2 is 1.66 bits per heavy atom. The number of nitrogens with zero attached hydrogens (tertiary/aromatic N) is 4. The Morgan fingerprint density at radius 1 is 0.979 bits per heavy atom. The van der Waals surface area contributed by atoms with Crippen LogP contribution in [0, 0.1) is 5.82 Å². The Balaban J connectivity index is 0.00000386. The Kier molecular flexibility index (Phi) is 9.55. The highest BCUT2D eigenvalue weighted by Crippen LogP contribution is 2.43. The third kappa shape index (κ3) is 6.11. The molecule has 3 fully saturated rings. The maximum Gasteiger partial charge on any atom is 0.337 e. The SMILES string of the molecule is CCN1CCN(c2cc(Cl)c(C(=O)N3COc4c(cccc4-c4cc(N5C6CCC5COC6)c(C(=O)O)cc4F)C3)c(Cl)c2)CC1.O. The fraction of sp³-hybridized carbons (Fsp3) is 0.412. The molecule has 2 unspecified atom stereocenters. The number of carboxylic acids is 1. The van der Waals surface area contributed by atoms with Crippen molar-refractivity contribution in [1.82, 2.24) is 9.80 Å². The number of morpholine rings is 1.